The quantitative estimate of drug-likeness (QED) is 0.756. The van der Waals surface area contributed by atoms with Gasteiger partial charge in [-0.2, -0.15) is 0 Å². The summed E-state index contributed by atoms with van der Waals surface area (Å²) >= 11 is 0. The van der Waals surface area contributed by atoms with E-state index in [0.29, 0.717) is 17.8 Å². The molecule has 0 aliphatic carbocycles. The maximum atomic E-state index is 12.2. The Morgan fingerprint density at radius 2 is 1.76 bits per heavy atom. The van der Waals surface area contributed by atoms with Gasteiger partial charge in [-0.05, 0) is 24.3 Å². The van der Waals surface area contributed by atoms with Gasteiger partial charge in [0, 0.05) is 22.5 Å². The molecule has 2 N–H and O–H groups in total. The lowest BCUT2D eigenvalue weighted by atomic mass is 10.1. The smallest absolute Gasteiger partial charge is 0.259 e. The zero-order valence-corrected chi connectivity index (χ0v) is 9.26. The van der Waals surface area contributed by atoms with Gasteiger partial charge in [0.05, 0.1) is 6.54 Å². The van der Waals surface area contributed by atoms with Crippen molar-refractivity contribution in [1.82, 2.24) is 0 Å². The number of anilines is 2. The summed E-state index contributed by atoms with van der Waals surface area (Å²) in [6.07, 6.45) is 0. The largest absolute Gasteiger partial charge is 0.398 e. The fourth-order valence-corrected chi connectivity index (χ4v) is 2.17. The third-order valence-corrected chi connectivity index (χ3v) is 3.07. The molecule has 1 aliphatic heterocycles. The maximum absolute atomic E-state index is 12.2. The minimum absolute atomic E-state index is 0.0264. The van der Waals surface area contributed by atoms with Crippen LogP contribution in [-0.4, -0.2) is 5.91 Å². The van der Waals surface area contributed by atoms with Crippen molar-refractivity contribution in [3.63, 3.8) is 0 Å². The van der Waals surface area contributed by atoms with E-state index in [4.69, 9.17) is 5.73 Å². The molecule has 84 valence electrons. The van der Waals surface area contributed by atoms with Crippen molar-refractivity contribution in [2.75, 3.05) is 10.6 Å². The predicted molar refractivity (Wildman–Crippen MR) is 67.8 cm³/mol. The van der Waals surface area contributed by atoms with Gasteiger partial charge in [0.25, 0.3) is 5.91 Å². The highest BCUT2D eigenvalue weighted by atomic mass is 16.2. The Morgan fingerprint density at radius 3 is 2.47 bits per heavy atom. The Bertz CT molecular complexity index is 578. The summed E-state index contributed by atoms with van der Waals surface area (Å²) in [7, 11) is 0. The van der Waals surface area contributed by atoms with Crippen LogP contribution in [0.5, 0.6) is 0 Å². The number of hydrogen-bond donors (Lipinski definition) is 1. The Morgan fingerprint density at radius 1 is 1.00 bits per heavy atom. The summed E-state index contributed by atoms with van der Waals surface area (Å²) in [5.41, 5.74) is 9.14. The van der Waals surface area contributed by atoms with Crippen LogP contribution in [0.4, 0.5) is 11.4 Å². The first-order chi connectivity index (χ1) is 8.27. The van der Waals surface area contributed by atoms with Gasteiger partial charge in [-0.3, -0.25) is 4.79 Å². The molecule has 2 aromatic carbocycles. The first kappa shape index (κ1) is 9.90. The number of hydrogen-bond acceptors (Lipinski definition) is 2. The van der Waals surface area contributed by atoms with Crippen LogP contribution in [0.2, 0.25) is 0 Å². The molecular formula is C14H12N2O. The monoisotopic (exact) mass is 224 g/mol. The summed E-state index contributed by atoms with van der Waals surface area (Å²) < 4.78 is 0. The highest BCUT2D eigenvalue weighted by Gasteiger charge is 2.29. The van der Waals surface area contributed by atoms with Crippen LogP contribution in [0.1, 0.15) is 15.9 Å². The number of carbonyl (C=O) groups is 1. The van der Waals surface area contributed by atoms with E-state index in [2.05, 4.69) is 0 Å². The number of para-hydroxylation sites is 1. The van der Waals surface area contributed by atoms with Crippen molar-refractivity contribution >= 4 is 17.3 Å². The fraction of sp³-hybridized carbons (Fsp3) is 0.0714. The highest BCUT2D eigenvalue weighted by Crippen LogP contribution is 2.31. The number of amides is 1. The Kier molecular flexibility index (Phi) is 2.11. The van der Waals surface area contributed by atoms with Crippen LogP contribution in [0.25, 0.3) is 0 Å². The summed E-state index contributed by atoms with van der Waals surface area (Å²) in [4.78, 5) is 14.0. The number of rotatable bonds is 1. The average molecular weight is 224 g/mol. The van der Waals surface area contributed by atoms with E-state index in [0.717, 1.165) is 11.3 Å². The molecule has 0 saturated carbocycles. The van der Waals surface area contributed by atoms with Crippen LogP contribution < -0.4 is 10.6 Å². The zero-order chi connectivity index (χ0) is 11.8. The topological polar surface area (TPSA) is 46.3 Å². The Balaban J connectivity index is 2.05. The fourth-order valence-electron chi connectivity index (χ4n) is 2.17. The molecule has 0 bridgehead atoms. The number of carbonyl (C=O) groups excluding carboxylic acids is 1. The molecule has 1 aliphatic rings. The van der Waals surface area contributed by atoms with Gasteiger partial charge in [0.15, 0.2) is 0 Å². The van der Waals surface area contributed by atoms with Gasteiger partial charge >= 0.3 is 0 Å². The van der Waals surface area contributed by atoms with Gasteiger partial charge in [0.2, 0.25) is 0 Å². The molecule has 3 nitrogen and oxygen atoms in total. The van der Waals surface area contributed by atoms with Crippen molar-refractivity contribution in [2.24, 2.45) is 0 Å². The first-order valence-electron chi connectivity index (χ1n) is 5.51. The molecular weight excluding hydrogens is 212 g/mol. The number of nitrogens with zero attached hydrogens (tertiary/aromatic N) is 1. The van der Waals surface area contributed by atoms with Crippen LogP contribution in [-0.2, 0) is 6.54 Å². The second-order valence-corrected chi connectivity index (χ2v) is 4.10. The lowest BCUT2D eigenvalue weighted by molar-refractivity contribution is 0.0996. The lowest BCUT2D eigenvalue weighted by Gasteiger charge is -2.15. The van der Waals surface area contributed by atoms with Gasteiger partial charge < -0.3 is 10.6 Å². The summed E-state index contributed by atoms with van der Waals surface area (Å²) in [5, 5.41) is 0. The van der Waals surface area contributed by atoms with Crippen molar-refractivity contribution in [1.29, 1.82) is 0 Å². The minimum Gasteiger partial charge on any atom is -0.398 e. The Labute approximate surface area is 99.5 Å². The highest BCUT2D eigenvalue weighted by molar-refractivity contribution is 6.10. The van der Waals surface area contributed by atoms with Crippen LogP contribution >= 0.6 is 0 Å². The SMILES string of the molecule is Nc1cccc2c1CN(c1ccccc1)C2=O. The number of benzene rings is 2. The molecule has 1 heterocycles. The van der Waals surface area contributed by atoms with E-state index in [1.165, 1.54) is 0 Å². The van der Waals surface area contributed by atoms with Crippen LogP contribution in [0, 0.1) is 0 Å². The first-order valence-corrected chi connectivity index (χ1v) is 5.51. The summed E-state index contributed by atoms with van der Waals surface area (Å²) in [5.74, 6) is 0.0264. The third kappa shape index (κ3) is 1.47. The molecule has 3 rings (SSSR count). The standard InChI is InChI=1S/C14H12N2O/c15-13-8-4-7-11-12(13)9-16(14(11)17)10-5-2-1-3-6-10/h1-8H,9,15H2. The number of nitrogens with two attached hydrogens (primary N) is 1. The van der Waals surface area contributed by atoms with E-state index >= 15 is 0 Å². The normalized spacial score (nSPS) is 13.9. The van der Waals surface area contributed by atoms with Crippen molar-refractivity contribution in [2.45, 2.75) is 6.54 Å². The molecule has 0 fully saturated rings. The van der Waals surface area contributed by atoms with E-state index in [1.807, 2.05) is 48.5 Å². The predicted octanol–water partition coefficient (Wildman–Crippen LogP) is 2.43. The second-order valence-electron chi connectivity index (χ2n) is 4.10. The number of nitrogen functional groups attached to an aromatic ring is 1. The summed E-state index contributed by atoms with van der Waals surface area (Å²) in [6.45, 7) is 0.560. The minimum atomic E-state index is 0.0264. The molecule has 0 radical (unpaired) electrons. The van der Waals surface area contributed by atoms with E-state index in [-0.39, 0.29) is 5.91 Å². The molecule has 3 heteroatoms. The van der Waals surface area contributed by atoms with Gasteiger partial charge in [-0.1, -0.05) is 24.3 Å². The molecule has 1 amide bonds. The van der Waals surface area contributed by atoms with E-state index in [9.17, 15) is 4.79 Å². The summed E-state index contributed by atoms with van der Waals surface area (Å²) in [6, 6.07) is 15.1. The average Bonchev–Trinajstić information content (AvgIpc) is 2.70. The third-order valence-electron chi connectivity index (χ3n) is 3.07. The zero-order valence-electron chi connectivity index (χ0n) is 9.26. The molecule has 0 atom stereocenters. The van der Waals surface area contributed by atoms with E-state index < -0.39 is 0 Å². The van der Waals surface area contributed by atoms with Gasteiger partial charge in [0.1, 0.15) is 0 Å². The van der Waals surface area contributed by atoms with Gasteiger partial charge in [-0.15, -0.1) is 0 Å². The lowest BCUT2D eigenvalue weighted by Crippen LogP contribution is -2.22. The Hall–Kier alpha value is -2.29. The molecule has 2 aromatic rings. The maximum Gasteiger partial charge on any atom is 0.259 e. The van der Waals surface area contributed by atoms with Crippen LogP contribution in [0.15, 0.2) is 48.5 Å². The molecule has 0 unspecified atom stereocenters. The van der Waals surface area contributed by atoms with Crippen molar-refractivity contribution in [3.8, 4) is 0 Å². The number of fused-ring (bicyclic) bond motifs is 1. The van der Waals surface area contributed by atoms with Crippen LogP contribution in [0.3, 0.4) is 0 Å². The second kappa shape index (κ2) is 3.63. The molecule has 0 saturated heterocycles. The molecule has 0 aromatic heterocycles. The molecule has 0 spiro atoms. The van der Waals surface area contributed by atoms with Gasteiger partial charge in [-0.25, -0.2) is 0 Å². The van der Waals surface area contributed by atoms with Crippen molar-refractivity contribution < 1.29 is 4.79 Å². The van der Waals surface area contributed by atoms with Crippen molar-refractivity contribution in [3.05, 3.63) is 59.7 Å². The van der Waals surface area contributed by atoms with E-state index in [1.54, 1.807) is 4.90 Å². The molecule has 17 heavy (non-hydrogen) atoms.